The molecular weight excluding hydrogens is 422 g/mol. The van der Waals surface area contributed by atoms with E-state index < -0.39 is 11.6 Å². The summed E-state index contributed by atoms with van der Waals surface area (Å²) in [7, 11) is 0. The minimum atomic E-state index is -0.574. The molecule has 0 saturated heterocycles. The zero-order valence-electron chi connectivity index (χ0n) is 19.7. The van der Waals surface area contributed by atoms with Crippen LogP contribution in [0, 0.1) is 17.0 Å². The fraction of sp³-hybridized carbons (Fsp3) is 0.385. The second-order valence-corrected chi connectivity index (χ2v) is 9.37. The third-order valence-corrected chi connectivity index (χ3v) is 5.61. The monoisotopic (exact) mass is 454 g/mol. The maximum Gasteiger partial charge on any atom is 0.220 e. The molecule has 0 fully saturated rings. The first-order valence-electron chi connectivity index (χ1n) is 11.2. The molecule has 3 rings (SSSR count). The van der Waals surface area contributed by atoms with E-state index in [0.717, 1.165) is 29.3 Å². The molecule has 33 heavy (non-hydrogen) atoms. The van der Waals surface area contributed by atoms with Crippen LogP contribution in [0.4, 0.5) is 8.78 Å². The van der Waals surface area contributed by atoms with Crippen molar-refractivity contribution >= 4 is 5.91 Å². The lowest BCUT2D eigenvalue weighted by atomic mass is 9.81. The Labute approximate surface area is 194 Å². The predicted octanol–water partition coefficient (Wildman–Crippen LogP) is 5.03. The third kappa shape index (κ3) is 5.85. The number of rotatable bonds is 8. The first-order chi connectivity index (χ1) is 15.6. The Morgan fingerprint density at radius 2 is 1.85 bits per heavy atom. The van der Waals surface area contributed by atoms with Crippen molar-refractivity contribution in [3.05, 3.63) is 83.2 Å². The second-order valence-electron chi connectivity index (χ2n) is 9.37. The van der Waals surface area contributed by atoms with Crippen molar-refractivity contribution in [2.45, 2.75) is 46.6 Å². The summed E-state index contributed by atoms with van der Waals surface area (Å²) in [4.78, 5) is 14.5. The Balaban J connectivity index is 2.19. The van der Waals surface area contributed by atoms with E-state index in [9.17, 15) is 13.6 Å². The van der Waals surface area contributed by atoms with Crippen LogP contribution in [0.2, 0.25) is 0 Å². The van der Waals surface area contributed by atoms with E-state index in [0.29, 0.717) is 31.6 Å². The minimum Gasteiger partial charge on any atom is -0.334 e. The quantitative estimate of drug-likeness (QED) is 0.519. The van der Waals surface area contributed by atoms with Crippen LogP contribution in [0.15, 0.2) is 54.7 Å². The van der Waals surface area contributed by atoms with E-state index in [1.165, 1.54) is 11.6 Å². The number of amides is 1. The van der Waals surface area contributed by atoms with E-state index in [4.69, 9.17) is 10.8 Å². The lowest BCUT2D eigenvalue weighted by Gasteiger charge is -2.39. The predicted molar refractivity (Wildman–Crippen MR) is 126 cm³/mol. The minimum absolute atomic E-state index is 0.0274. The van der Waals surface area contributed by atoms with Gasteiger partial charge in [0.1, 0.15) is 17.3 Å². The Kier molecular flexibility index (Phi) is 7.64. The van der Waals surface area contributed by atoms with Gasteiger partial charge in [0, 0.05) is 37.7 Å². The van der Waals surface area contributed by atoms with Gasteiger partial charge in [-0.05, 0) is 36.1 Å². The molecule has 0 radical (unpaired) electrons. The standard InChI is InChI=1S/C26H32F2N4O/c1-18(33)31(14-8-13-29)25(26(2,3)4)24-20(15-19-9-6-5-7-10-19)17-32(30-24)23-16-21(27)11-12-22(23)28/h5-7,9-12,16-17,25H,8,13-15,29H2,1-4H3/t25-/m0/s1. The van der Waals surface area contributed by atoms with Gasteiger partial charge in [-0.25, -0.2) is 13.5 Å². The summed E-state index contributed by atoms with van der Waals surface area (Å²) in [5.74, 6) is -1.20. The summed E-state index contributed by atoms with van der Waals surface area (Å²) in [6.45, 7) is 8.62. The lowest BCUT2D eigenvalue weighted by molar-refractivity contribution is -0.134. The number of halogens is 2. The average molecular weight is 455 g/mol. The van der Waals surface area contributed by atoms with Crippen LogP contribution in [0.5, 0.6) is 0 Å². The molecule has 3 aromatic rings. The van der Waals surface area contributed by atoms with Crippen molar-refractivity contribution in [2.24, 2.45) is 11.1 Å². The van der Waals surface area contributed by atoms with Crippen LogP contribution < -0.4 is 5.73 Å². The van der Waals surface area contributed by atoms with Gasteiger partial charge in [-0.2, -0.15) is 5.10 Å². The number of nitrogens with two attached hydrogens (primary N) is 1. The number of nitrogens with zero attached hydrogens (tertiary/aromatic N) is 3. The smallest absolute Gasteiger partial charge is 0.220 e. The molecule has 0 spiro atoms. The van der Waals surface area contributed by atoms with E-state index in [1.807, 2.05) is 51.1 Å². The molecule has 1 heterocycles. The van der Waals surface area contributed by atoms with E-state index in [2.05, 4.69) is 0 Å². The third-order valence-electron chi connectivity index (χ3n) is 5.61. The van der Waals surface area contributed by atoms with Gasteiger partial charge in [-0.1, -0.05) is 51.1 Å². The molecule has 0 aliphatic heterocycles. The number of hydrogen-bond acceptors (Lipinski definition) is 3. The SMILES string of the molecule is CC(=O)N(CCCN)[C@@H](c1nn(-c2cc(F)ccc2F)cc1Cc1ccccc1)C(C)(C)C. The topological polar surface area (TPSA) is 64.2 Å². The first kappa shape index (κ1) is 24.6. The van der Waals surface area contributed by atoms with Crippen molar-refractivity contribution in [1.29, 1.82) is 0 Å². The number of carbonyl (C=O) groups excluding carboxylic acids is 1. The van der Waals surface area contributed by atoms with Crippen molar-refractivity contribution < 1.29 is 13.6 Å². The summed E-state index contributed by atoms with van der Waals surface area (Å²) in [6.07, 6.45) is 2.93. The molecule has 2 aromatic carbocycles. The zero-order chi connectivity index (χ0) is 24.2. The van der Waals surface area contributed by atoms with Crippen LogP contribution in [0.3, 0.4) is 0 Å². The van der Waals surface area contributed by atoms with Crippen LogP contribution in [0.1, 0.15) is 57.0 Å². The Morgan fingerprint density at radius 1 is 1.15 bits per heavy atom. The molecule has 0 unspecified atom stereocenters. The highest BCUT2D eigenvalue weighted by Gasteiger charge is 2.37. The van der Waals surface area contributed by atoms with Gasteiger partial charge in [0.25, 0.3) is 0 Å². The summed E-state index contributed by atoms with van der Waals surface area (Å²) >= 11 is 0. The van der Waals surface area contributed by atoms with Gasteiger partial charge in [0.15, 0.2) is 0 Å². The molecule has 0 saturated carbocycles. The van der Waals surface area contributed by atoms with E-state index in [1.54, 1.807) is 11.1 Å². The van der Waals surface area contributed by atoms with Gasteiger partial charge in [-0.3, -0.25) is 4.79 Å². The number of hydrogen-bond donors (Lipinski definition) is 1. The highest BCUT2D eigenvalue weighted by Crippen LogP contribution is 2.40. The molecule has 0 aliphatic rings. The summed E-state index contributed by atoms with van der Waals surface area (Å²) < 4.78 is 29.9. The number of carbonyl (C=O) groups is 1. The van der Waals surface area contributed by atoms with Gasteiger partial charge in [-0.15, -0.1) is 0 Å². The van der Waals surface area contributed by atoms with Gasteiger partial charge in [0.05, 0.1) is 11.7 Å². The molecule has 0 aliphatic carbocycles. The fourth-order valence-corrected chi connectivity index (χ4v) is 4.15. The van der Waals surface area contributed by atoms with Gasteiger partial charge < -0.3 is 10.6 Å². The van der Waals surface area contributed by atoms with E-state index >= 15 is 0 Å². The van der Waals surface area contributed by atoms with Crippen LogP contribution in [0.25, 0.3) is 5.69 Å². The molecule has 176 valence electrons. The molecule has 7 heteroatoms. The summed E-state index contributed by atoms with van der Waals surface area (Å²) in [5, 5.41) is 4.74. The molecule has 0 bridgehead atoms. The molecule has 2 N–H and O–H groups in total. The Bertz CT molecular complexity index is 1090. The number of benzene rings is 2. The highest BCUT2D eigenvalue weighted by atomic mass is 19.1. The largest absolute Gasteiger partial charge is 0.334 e. The molecule has 1 aromatic heterocycles. The Morgan fingerprint density at radius 3 is 2.45 bits per heavy atom. The summed E-state index contributed by atoms with van der Waals surface area (Å²) in [6, 6.07) is 12.8. The van der Waals surface area contributed by atoms with Crippen molar-refractivity contribution in [3.8, 4) is 5.69 Å². The second kappa shape index (κ2) is 10.3. The molecule has 1 amide bonds. The maximum atomic E-state index is 14.6. The molecule has 5 nitrogen and oxygen atoms in total. The molecular formula is C26H32F2N4O. The highest BCUT2D eigenvalue weighted by molar-refractivity contribution is 5.74. The van der Waals surface area contributed by atoms with Crippen molar-refractivity contribution in [2.75, 3.05) is 13.1 Å². The van der Waals surface area contributed by atoms with Gasteiger partial charge in [0.2, 0.25) is 5.91 Å². The van der Waals surface area contributed by atoms with Crippen molar-refractivity contribution in [1.82, 2.24) is 14.7 Å². The lowest BCUT2D eigenvalue weighted by Crippen LogP contribution is -2.41. The summed E-state index contributed by atoms with van der Waals surface area (Å²) in [5.41, 5.74) is 7.97. The van der Waals surface area contributed by atoms with E-state index in [-0.39, 0.29) is 23.1 Å². The van der Waals surface area contributed by atoms with Gasteiger partial charge >= 0.3 is 0 Å². The zero-order valence-corrected chi connectivity index (χ0v) is 19.7. The van der Waals surface area contributed by atoms with Crippen LogP contribution in [-0.4, -0.2) is 33.7 Å². The average Bonchev–Trinajstić information content (AvgIpc) is 3.15. The number of aromatic nitrogens is 2. The normalized spacial score (nSPS) is 12.6. The maximum absolute atomic E-state index is 14.6. The molecule has 1 atom stereocenters. The first-order valence-corrected chi connectivity index (χ1v) is 11.2. The fourth-order valence-electron chi connectivity index (χ4n) is 4.15. The Hall–Kier alpha value is -3.06. The van der Waals surface area contributed by atoms with Crippen LogP contribution in [-0.2, 0) is 11.2 Å². The van der Waals surface area contributed by atoms with Crippen LogP contribution >= 0.6 is 0 Å². The van der Waals surface area contributed by atoms with Crippen molar-refractivity contribution in [3.63, 3.8) is 0 Å².